The van der Waals surface area contributed by atoms with Gasteiger partial charge in [0.2, 0.25) is 11.7 Å². The van der Waals surface area contributed by atoms with Gasteiger partial charge in [-0.3, -0.25) is 0 Å². The number of nitrogens with two attached hydrogens (primary N) is 1. The zero-order valence-electron chi connectivity index (χ0n) is 10.9. The van der Waals surface area contributed by atoms with Gasteiger partial charge in [0.1, 0.15) is 0 Å². The minimum atomic E-state index is -0.947. The summed E-state index contributed by atoms with van der Waals surface area (Å²) in [7, 11) is 0. The first-order valence-corrected chi connectivity index (χ1v) is 6.24. The average Bonchev–Trinajstić information content (AvgIpc) is 2.93. The van der Waals surface area contributed by atoms with Crippen molar-refractivity contribution in [2.24, 2.45) is 0 Å². The van der Waals surface area contributed by atoms with E-state index >= 15 is 0 Å². The van der Waals surface area contributed by atoms with E-state index in [4.69, 9.17) is 10.3 Å². The second kappa shape index (κ2) is 5.32. The van der Waals surface area contributed by atoms with E-state index in [1.165, 1.54) is 6.07 Å². The SMILES string of the molecule is Nc1ccc(Cc2nc(-c3ccc(F)c(F)c3)no2)cc1. The second-order valence-corrected chi connectivity index (χ2v) is 4.56. The lowest BCUT2D eigenvalue weighted by atomic mass is 10.1. The van der Waals surface area contributed by atoms with Crippen LogP contribution in [0, 0.1) is 11.6 Å². The van der Waals surface area contributed by atoms with Crippen LogP contribution in [-0.2, 0) is 6.42 Å². The van der Waals surface area contributed by atoms with Crippen LogP contribution in [0.15, 0.2) is 47.0 Å². The molecule has 0 saturated carbocycles. The molecule has 3 aromatic rings. The zero-order chi connectivity index (χ0) is 14.8. The Morgan fingerprint density at radius 1 is 1.00 bits per heavy atom. The average molecular weight is 287 g/mol. The number of rotatable bonds is 3. The van der Waals surface area contributed by atoms with Crippen molar-refractivity contribution in [1.29, 1.82) is 0 Å². The van der Waals surface area contributed by atoms with Crippen LogP contribution in [0.25, 0.3) is 11.4 Å². The summed E-state index contributed by atoms with van der Waals surface area (Å²) in [6.07, 6.45) is 0.441. The number of halogens is 2. The smallest absolute Gasteiger partial charge is 0.231 e. The van der Waals surface area contributed by atoms with Crippen LogP contribution in [0.5, 0.6) is 0 Å². The molecule has 4 nitrogen and oxygen atoms in total. The zero-order valence-corrected chi connectivity index (χ0v) is 10.9. The van der Waals surface area contributed by atoms with Crippen LogP contribution in [0.1, 0.15) is 11.5 Å². The van der Waals surface area contributed by atoms with Gasteiger partial charge in [-0.05, 0) is 35.9 Å². The number of anilines is 1. The van der Waals surface area contributed by atoms with E-state index in [0.717, 1.165) is 17.7 Å². The largest absolute Gasteiger partial charge is 0.399 e. The quantitative estimate of drug-likeness (QED) is 0.751. The molecule has 1 aromatic heterocycles. The highest BCUT2D eigenvalue weighted by molar-refractivity contribution is 5.54. The van der Waals surface area contributed by atoms with Gasteiger partial charge in [-0.2, -0.15) is 4.98 Å². The maximum Gasteiger partial charge on any atom is 0.231 e. The Labute approximate surface area is 119 Å². The van der Waals surface area contributed by atoms with E-state index in [0.29, 0.717) is 23.6 Å². The molecule has 0 saturated heterocycles. The van der Waals surface area contributed by atoms with Crippen molar-refractivity contribution in [3.8, 4) is 11.4 Å². The predicted molar refractivity (Wildman–Crippen MR) is 73.3 cm³/mol. The second-order valence-electron chi connectivity index (χ2n) is 4.56. The molecule has 0 aliphatic rings. The van der Waals surface area contributed by atoms with Gasteiger partial charge in [-0.1, -0.05) is 17.3 Å². The highest BCUT2D eigenvalue weighted by Crippen LogP contribution is 2.19. The highest BCUT2D eigenvalue weighted by atomic mass is 19.2. The lowest BCUT2D eigenvalue weighted by Gasteiger charge is -1.97. The van der Waals surface area contributed by atoms with E-state index in [2.05, 4.69) is 10.1 Å². The van der Waals surface area contributed by atoms with Crippen LogP contribution in [-0.4, -0.2) is 10.1 Å². The molecule has 0 bridgehead atoms. The van der Waals surface area contributed by atoms with Crippen LogP contribution in [0.2, 0.25) is 0 Å². The first kappa shape index (κ1) is 13.2. The topological polar surface area (TPSA) is 64.9 Å². The third-order valence-corrected chi connectivity index (χ3v) is 2.98. The van der Waals surface area contributed by atoms with Gasteiger partial charge < -0.3 is 10.3 Å². The molecule has 1 heterocycles. The lowest BCUT2D eigenvalue weighted by Crippen LogP contribution is -1.91. The Morgan fingerprint density at radius 2 is 1.76 bits per heavy atom. The minimum Gasteiger partial charge on any atom is -0.399 e. The Kier molecular flexibility index (Phi) is 3.35. The van der Waals surface area contributed by atoms with Crippen molar-refractivity contribution in [2.75, 3.05) is 5.73 Å². The van der Waals surface area contributed by atoms with E-state index < -0.39 is 11.6 Å². The van der Waals surface area contributed by atoms with Gasteiger partial charge in [0.25, 0.3) is 0 Å². The molecule has 0 amide bonds. The van der Waals surface area contributed by atoms with Crippen molar-refractivity contribution in [1.82, 2.24) is 10.1 Å². The molecule has 106 valence electrons. The lowest BCUT2D eigenvalue weighted by molar-refractivity contribution is 0.385. The fraction of sp³-hybridized carbons (Fsp3) is 0.0667. The molecule has 6 heteroatoms. The Bertz CT molecular complexity index is 769. The van der Waals surface area contributed by atoms with Gasteiger partial charge in [0, 0.05) is 11.3 Å². The maximum absolute atomic E-state index is 13.2. The van der Waals surface area contributed by atoms with Gasteiger partial charge in [0.15, 0.2) is 11.6 Å². The summed E-state index contributed by atoms with van der Waals surface area (Å²) in [6, 6.07) is 10.7. The Balaban J connectivity index is 1.82. The van der Waals surface area contributed by atoms with Gasteiger partial charge in [0.05, 0.1) is 6.42 Å². The Morgan fingerprint density at radius 3 is 2.48 bits per heavy atom. The first-order chi connectivity index (χ1) is 10.1. The van der Waals surface area contributed by atoms with Crippen molar-refractivity contribution in [2.45, 2.75) is 6.42 Å². The molecule has 0 atom stereocenters. The summed E-state index contributed by atoms with van der Waals surface area (Å²) in [5, 5.41) is 3.77. The van der Waals surface area contributed by atoms with Crippen molar-refractivity contribution in [3.63, 3.8) is 0 Å². The molecular formula is C15H11F2N3O. The summed E-state index contributed by atoms with van der Waals surface area (Å²) in [4.78, 5) is 4.17. The van der Waals surface area contributed by atoms with Gasteiger partial charge in [-0.25, -0.2) is 8.78 Å². The standard InChI is InChI=1S/C15H11F2N3O/c16-12-6-3-10(8-13(12)17)15-19-14(21-20-15)7-9-1-4-11(18)5-2-9/h1-6,8H,7,18H2. The number of nitrogens with zero attached hydrogens (tertiary/aromatic N) is 2. The molecule has 2 aromatic carbocycles. The Hall–Kier alpha value is -2.76. The van der Waals surface area contributed by atoms with Gasteiger partial charge >= 0.3 is 0 Å². The van der Waals surface area contributed by atoms with Crippen LogP contribution in [0.3, 0.4) is 0 Å². The molecule has 0 aliphatic heterocycles. The van der Waals surface area contributed by atoms with E-state index in [1.54, 1.807) is 12.1 Å². The number of hydrogen-bond acceptors (Lipinski definition) is 4. The molecule has 0 radical (unpaired) electrons. The van der Waals surface area contributed by atoms with Crippen molar-refractivity contribution < 1.29 is 13.3 Å². The van der Waals surface area contributed by atoms with Crippen LogP contribution < -0.4 is 5.73 Å². The van der Waals surface area contributed by atoms with E-state index in [1.807, 2.05) is 12.1 Å². The molecule has 0 unspecified atom stereocenters. The fourth-order valence-corrected chi connectivity index (χ4v) is 1.89. The summed E-state index contributed by atoms with van der Waals surface area (Å²) in [6.45, 7) is 0. The summed E-state index contributed by atoms with van der Waals surface area (Å²) in [5.74, 6) is -1.25. The summed E-state index contributed by atoms with van der Waals surface area (Å²) < 4.78 is 31.2. The monoisotopic (exact) mass is 287 g/mol. The number of nitrogen functional groups attached to an aromatic ring is 1. The van der Waals surface area contributed by atoms with Gasteiger partial charge in [-0.15, -0.1) is 0 Å². The summed E-state index contributed by atoms with van der Waals surface area (Å²) in [5.41, 5.74) is 7.61. The number of benzene rings is 2. The molecular weight excluding hydrogens is 276 g/mol. The molecule has 3 rings (SSSR count). The third kappa shape index (κ3) is 2.89. The molecule has 2 N–H and O–H groups in total. The van der Waals surface area contributed by atoms with E-state index in [-0.39, 0.29) is 5.82 Å². The minimum absolute atomic E-state index is 0.222. The maximum atomic E-state index is 13.2. The normalized spacial score (nSPS) is 10.8. The number of aromatic nitrogens is 2. The molecule has 21 heavy (non-hydrogen) atoms. The molecule has 0 aliphatic carbocycles. The highest BCUT2D eigenvalue weighted by Gasteiger charge is 2.11. The summed E-state index contributed by atoms with van der Waals surface area (Å²) >= 11 is 0. The first-order valence-electron chi connectivity index (χ1n) is 6.24. The predicted octanol–water partition coefficient (Wildman–Crippen LogP) is 3.19. The third-order valence-electron chi connectivity index (χ3n) is 2.98. The number of hydrogen-bond donors (Lipinski definition) is 1. The van der Waals surface area contributed by atoms with Crippen LogP contribution >= 0.6 is 0 Å². The molecule has 0 spiro atoms. The van der Waals surface area contributed by atoms with Crippen LogP contribution in [0.4, 0.5) is 14.5 Å². The van der Waals surface area contributed by atoms with Crippen molar-refractivity contribution >= 4 is 5.69 Å². The van der Waals surface area contributed by atoms with Crippen molar-refractivity contribution in [3.05, 3.63) is 65.6 Å². The fourth-order valence-electron chi connectivity index (χ4n) is 1.89. The molecule has 0 fully saturated rings. The van der Waals surface area contributed by atoms with E-state index in [9.17, 15) is 8.78 Å².